The molecular formula is C12H8BrClO2. The van der Waals surface area contributed by atoms with Gasteiger partial charge in [-0.3, -0.25) is 4.79 Å². The van der Waals surface area contributed by atoms with Crippen molar-refractivity contribution in [3.8, 4) is 0 Å². The van der Waals surface area contributed by atoms with Crippen molar-refractivity contribution < 1.29 is 9.21 Å². The Kier molecular flexibility index (Phi) is 3.46. The number of Topliss-reactive ketones (excluding diaryl/α,β-unsaturated/α-hetero) is 1. The zero-order valence-corrected chi connectivity index (χ0v) is 10.6. The van der Waals surface area contributed by atoms with Gasteiger partial charge in [-0.05, 0) is 46.3 Å². The van der Waals surface area contributed by atoms with Crippen LogP contribution in [0.3, 0.4) is 0 Å². The fourth-order valence-electron chi connectivity index (χ4n) is 1.38. The molecule has 16 heavy (non-hydrogen) atoms. The molecule has 2 nitrogen and oxygen atoms in total. The fraction of sp³-hybridized carbons (Fsp3) is 0.0833. The van der Waals surface area contributed by atoms with Gasteiger partial charge < -0.3 is 4.42 Å². The summed E-state index contributed by atoms with van der Waals surface area (Å²) in [7, 11) is 0. The van der Waals surface area contributed by atoms with Crippen LogP contribution in [-0.4, -0.2) is 5.78 Å². The molecule has 82 valence electrons. The first kappa shape index (κ1) is 11.4. The maximum atomic E-state index is 11.9. The Balaban J connectivity index is 2.21. The monoisotopic (exact) mass is 298 g/mol. The fourth-order valence-corrected chi connectivity index (χ4v) is 2.29. The number of benzene rings is 1. The van der Waals surface area contributed by atoms with Crippen molar-refractivity contribution in [1.29, 1.82) is 0 Å². The highest BCUT2D eigenvalue weighted by molar-refractivity contribution is 9.10. The largest absolute Gasteiger partial charge is 0.469 e. The van der Waals surface area contributed by atoms with E-state index in [0.717, 1.165) is 0 Å². The van der Waals surface area contributed by atoms with Crippen LogP contribution in [0, 0.1) is 0 Å². The van der Waals surface area contributed by atoms with Crippen LogP contribution < -0.4 is 0 Å². The van der Waals surface area contributed by atoms with Crippen LogP contribution in [-0.2, 0) is 6.42 Å². The molecule has 0 spiro atoms. The van der Waals surface area contributed by atoms with Gasteiger partial charge in [-0.25, -0.2) is 0 Å². The molecule has 0 aliphatic carbocycles. The van der Waals surface area contributed by atoms with Crippen LogP contribution >= 0.6 is 27.5 Å². The number of ketones is 1. The van der Waals surface area contributed by atoms with E-state index in [1.807, 2.05) is 0 Å². The van der Waals surface area contributed by atoms with Gasteiger partial charge in [-0.15, -0.1) is 0 Å². The van der Waals surface area contributed by atoms with Gasteiger partial charge in [-0.1, -0.05) is 11.6 Å². The van der Waals surface area contributed by atoms with Gasteiger partial charge in [-0.2, -0.15) is 0 Å². The Bertz CT molecular complexity index is 506. The van der Waals surface area contributed by atoms with Gasteiger partial charge in [0.05, 0.1) is 12.7 Å². The molecule has 0 fully saturated rings. The van der Waals surface area contributed by atoms with E-state index in [4.69, 9.17) is 16.0 Å². The Morgan fingerprint density at radius 2 is 2.19 bits per heavy atom. The van der Waals surface area contributed by atoms with Crippen LogP contribution in [0.15, 0.2) is 45.5 Å². The second-order valence-electron chi connectivity index (χ2n) is 3.30. The lowest BCUT2D eigenvalue weighted by Gasteiger charge is -2.02. The maximum absolute atomic E-state index is 11.9. The molecule has 2 rings (SSSR count). The van der Waals surface area contributed by atoms with Crippen molar-refractivity contribution in [3.05, 3.63) is 57.4 Å². The van der Waals surface area contributed by atoms with Crippen molar-refractivity contribution in [1.82, 2.24) is 0 Å². The van der Waals surface area contributed by atoms with Crippen LogP contribution in [0.4, 0.5) is 0 Å². The summed E-state index contributed by atoms with van der Waals surface area (Å²) in [5.41, 5.74) is 0.612. The van der Waals surface area contributed by atoms with Crippen LogP contribution in [0.5, 0.6) is 0 Å². The second-order valence-corrected chi connectivity index (χ2v) is 4.59. The first-order valence-corrected chi connectivity index (χ1v) is 5.84. The Morgan fingerprint density at radius 3 is 2.81 bits per heavy atom. The lowest BCUT2D eigenvalue weighted by atomic mass is 10.1. The highest BCUT2D eigenvalue weighted by Crippen LogP contribution is 2.23. The number of carbonyl (C=O) groups excluding carboxylic acids is 1. The third-order valence-corrected chi connectivity index (χ3v) is 3.04. The Labute approximate surface area is 106 Å². The molecule has 1 heterocycles. The molecule has 0 aliphatic heterocycles. The molecule has 1 aromatic heterocycles. The first-order valence-electron chi connectivity index (χ1n) is 4.67. The van der Waals surface area contributed by atoms with E-state index < -0.39 is 0 Å². The molecule has 4 heteroatoms. The molecular weight excluding hydrogens is 291 g/mol. The number of rotatable bonds is 3. The molecule has 0 bridgehead atoms. The van der Waals surface area contributed by atoms with E-state index >= 15 is 0 Å². The molecule has 1 aromatic carbocycles. The average Bonchev–Trinajstić information content (AvgIpc) is 2.70. The standard InChI is InChI=1S/C12H8BrClO2/c13-11-6-8(14)3-4-10(11)12(15)7-9-2-1-5-16-9/h1-6H,7H2. The van der Waals surface area contributed by atoms with Crippen molar-refractivity contribution in [2.75, 3.05) is 0 Å². The quantitative estimate of drug-likeness (QED) is 0.798. The number of carbonyl (C=O) groups is 1. The number of halogens is 2. The number of hydrogen-bond acceptors (Lipinski definition) is 2. The molecule has 0 N–H and O–H groups in total. The summed E-state index contributed by atoms with van der Waals surface area (Å²) >= 11 is 9.12. The topological polar surface area (TPSA) is 30.2 Å². The summed E-state index contributed by atoms with van der Waals surface area (Å²) < 4.78 is 5.83. The van der Waals surface area contributed by atoms with Crippen LogP contribution in [0.2, 0.25) is 5.02 Å². The zero-order chi connectivity index (χ0) is 11.5. The predicted molar refractivity (Wildman–Crippen MR) is 65.9 cm³/mol. The molecule has 0 atom stereocenters. The van der Waals surface area contributed by atoms with Gasteiger partial charge in [0, 0.05) is 15.1 Å². The third kappa shape index (κ3) is 2.54. The lowest BCUT2D eigenvalue weighted by Crippen LogP contribution is -2.03. The molecule has 2 aromatic rings. The van der Waals surface area contributed by atoms with E-state index in [0.29, 0.717) is 20.8 Å². The summed E-state index contributed by atoms with van der Waals surface area (Å²) in [6, 6.07) is 8.65. The molecule has 0 radical (unpaired) electrons. The van der Waals surface area contributed by atoms with Gasteiger partial charge in [0.1, 0.15) is 5.76 Å². The lowest BCUT2D eigenvalue weighted by molar-refractivity contribution is 0.0986. The minimum Gasteiger partial charge on any atom is -0.469 e. The molecule has 0 saturated carbocycles. The highest BCUT2D eigenvalue weighted by Gasteiger charge is 2.12. The second kappa shape index (κ2) is 4.85. The van der Waals surface area contributed by atoms with E-state index in [1.54, 1.807) is 36.6 Å². The molecule has 0 saturated heterocycles. The molecule has 0 aliphatic rings. The Hall–Kier alpha value is -1.06. The molecule has 0 amide bonds. The van der Waals surface area contributed by atoms with Crippen molar-refractivity contribution >= 4 is 33.3 Å². The van der Waals surface area contributed by atoms with E-state index in [-0.39, 0.29) is 12.2 Å². The number of furan rings is 1. The Morgan fingerprint density at radius 1 is 1.38 bits per heavy atom. The van der Waals surface area contributed by atoms with Crippen molar-refractivity contribution in [2.24, 2.45) is 0 Å². The summed E-state index contributed by atoms with van der Waals surface area (Å²) in [5.74, 6) is 0.658. The SMILES string of the molecule is O=C(Cc1ccco1)c1ccc(Cl)cc1Br. The predicted octanol–water partition coefficient (Wildman–Crippen LogP) is 4.12. The minimum absolute atomic E-state index is 0.00140. The maximum Gasteiger partial charge on any atom is 0.171 e. The van der Waals surface area contributed by atoms with Gasteiger partial charge in [0.25, 0.3) is 0 Å². The third-order valence-electron chi connectivity index (χ3n) is 2.15. The summed E-state index contributed by atoms with van der Waals surface area (Å²) in [5, 5.41) is 0.599. The van der Waals surface area contributed by atoms with Crippen LogP contribution in [0.25, 0.3) is 0 Å². The zero-order valence-electron chi connectivity index (χ0n) is 8.24. The van der Waals surface area contributed by atoms with E-state index in [9.17, 15) is 4.79 Å². The van der Waals surface area contributed by atoms with E-state index in [1.165, 1.54) is 0 Å². The van der Waals surface area contributed by atoms with Crippen LogP contribution in [0.1, 0.15) is 16.1 Å². The van der Waals surface area contributed by atoms with E-state index in [2.05, 4.69) is 15.9 Å². The summed E-state index contributed by atoms with van der Waals surface area (Å²) in [4.78, 5) is 11.9. The minimum atomic E-state index is -0.00140. The highest BCUT2D eigenvalue weighted by atomic mass is 79.9. The molecule has 0 unspecified atom stereocenters. The van der Waals surface area contributed by atoms with Gasteiger partial charge in [0.15, 0.2) is 5.78 Å². The van der Waals surface area contributed by atoms with Gasteiger partial charge in [0.2, 0.25) is 0 Å². The summed E-state index contributed by atoms with van der Waals surface area (Å²) in [6.07, 6.45) is 1.81. The summed E-state index contributed by atoms with van der Waals surface area (Å²) in [6.45, 7) is 0. The normalized spacial score (nSPS) is 10.4. The smallest absolute Gasteiger partial charge is 0.171 e. The van der Waals surface area contributed by atoms with Crippen molar-refractivity contribution in [2.45, 2.75) is 6.42 Å². The number of hydrogen-bond donors (Lipinski definition) is 0. The van der Waals surface area contributed by atoms with Crippen molar-refractivity contribution in [3.63, 3.8) is 0 Å². The van der Waals surface area contributed by atoms with Gasteiger partial charge >= 0.3 is 0 Å². The average molecular weight is 300 g/mol. The first-order chi connectivity index (χ1) is 7.66.